The Hall–Kier alpha value is -4.38. The second kappa shape index (κ2) is 9.11. The molecule has 0 fully saturated rings. The molecule has 0 saturated heterocycles. The molecule has 1 heterocycles. The highest BCUT2D eigenvalue weighted by Crippen LogP contribution is 2.35. The number of fused-ring (bicyclic) bond motifs is 1. The van der Waals surface area contributed by atoms with Crippen molar-refractivity contribution in [1.82, 2.24) is 4.90 Å². The van der Waals surface area contributed by atoms with Crippen molar-refractivity contribution in [3.05, 3.63) is 113 Å². The van der Waals surface area contributed by atoms with Crippen LogP contribution in [0, 0.1) is 13.8 Å². The number of rotatable bonds is 6. The van der Waals surface area contributed by atoms with E-state index in [2.05, 4.69) is 5.32 Å². The summed E-state index contributed by atoms with van der Waals surface area (Å²) in [5.74, 6) is -0.0507. The molecule has 0 atom stereocenters. The number of nitrogens with zero attached hydrogens (tertiary/aromatic N) is 1. The van der Waals surface area contributed by atoms with Crippen molar-refractivity contribution < 1.29 is 14.3 Å². The summed E-state index contributed by atoms with van der Waals surface area (Å²) in [5, 5.41) is 5.35. The highest BCUT2D eigenvalue weighted by molar-refractivity contribution is 6.36. The average molecular weight is 463 g/mol. The summed E-state index contributed by atoms with van der Waals surface area (Å²) in [4.78, 5) is 28.8. The number of carbonyl (C=O) groups excluding carboxylic acids is 2. The molecule has 5 heteroatoms. The molecule has 35 heavy (non-hydrogen) atoms. The maximum atomic E-state index is 13.7. The van der Waals surface area contributed by atoms with E-state index in [-0.39, 0.29) is 24.1 Å². The van der Waals surface area contributed by atoms with Gasteiger partial charge in [0.25, 0.3) is 11.8 Å². The van der Waals surface area contributed by atoms with Crippen molar-refractivity contribution in [3.63, 3.8) is 0 Å². The van der Waals surface area contributed by atoms with Crippen LogP contribution in [0.2, 0.25) is 0 Å². The Kier molecular flexibility index (Phi) is 5.83. The van der Waals surface area contributed by atoms with E-state index in [0.29, 0.717) is 11.3 Å². The molecule has 0 unspecified atom stereocenters. The first-order valence-electron chi connectivity index (χ1n) is 11.5. The molecule has 0 saturated carbocycles. The van der Waals surface area contributed by atoms with Crippen LogP contribution in [-0.4, -0.2) is 23.8 Å². The first-order chi connectivity index (χ1) is 17.0. The first kappa shape index (κ1) is 22.4. The van der Waals surface area contributed by atoms with Crippen LogP contribution in [0.25, 0.3) is 16.3 Å². The van der Waals surface area contributed by atoms with E-state index in [1.54, 1.807) is 7.11 Å². The van der Waals surface area contributed by atoms with Crippen LogP contribution in [0.4, 0.5) is 5.69 Å². The fourth-order valence-electron chi connectivity index (χ4n) is 4.47. The van der Waals surface area contributed by atoms with Crippen molar-refractivity contribution in [1.29, 1.82) is 0 Å². The van der Waals surface area contributed by atoms with Crippen LogP contribution in [0.5, 0.6) is 5.75 Å². The van der Waals surface area contributed by atoms with E-state index >= 15 is 0 Å². The topological polar surface area (TPSA) is 58.6 Å². The molecule has 4 aromatic rings. The molecule has 4 aromatic carbocycles. The summed E-state index contributed by atoms with van der Waals surface area (Å²) in [6.07, 6.45) is 0. The molecule has 1 N–H and O–H groups in total. The third-order valence-corrected chi connectivity index (χ3v) is 6.53. The van der Waals surface area contributed by atoms with E-state index in [0.717, 1.165) is 38.7 Å². The second-order valence-electron chi connectivity index (χ2n) is 8.71. The highest BCUT2D eigenvalue weighted by atomic mass is 16.5. The number of nitrogens with one attached hydrogen (secondary N) is 1. The third kappa shape index (κ3) is 4.06. The predicted molar refractivity (Wildman–Crippen MR) is 139 cm³/mol. The lowest BCUT2D eigenvalue weighted by Crippen LogP contribution is -2.32. The molecule has 5 rings (SSSR count). The van der Waals surface area contributed by atoms with Gasteiger partial charge in [0, 0.05) is 16.6 Å². The van der Waals surface area contributed by atoms with Gasteiger partial charge in [0.2, 0.25) is 0 Å². The molecule has 0 aromatic heterocycles. The molecule has 0 aliphatic carbocycles. The molecule has 174 valence electrons. The molecule has 1 aliphatic rings. The SMILES string of the molecule is COc1ccccc1CN1C(=O)C(Nc2cccc3ccccc23)=C(c2ccc(C)c(C)c2)C1=O. The maximum Gasteiger partial charge on any atom is 0.278 e. The number of hydrogen-bond acceptors (Lipinski definition) is 4. The molecular weight excluding hydrogens is 436 g/mol. The number of imide groups is 1. The molecule has 5 nitrogen and oxygen atoms in total. The number of aryl methyl sites for hydroxylation is 2. The van der Waals surface area contributed by atoms with Gasteiger partial charge in [0.05, 0.1) is 19.2 Å². The lowest BCUT2D eigenvalue weighted by atomic mass is 9.99. The highest BCUT2D eigenvalue weighted by Gasteiger charge is 2.39. The number of hydrogen-bond donors (Lipinski definition) is 1. The minimum absolute atomic E-state index is 0.122. The largest absolute Gasteiger partial charge is 0.496 e. The van der Waals surface area contributed by atoms with Gasteiger partial charge in [-0.1, -0.05) is 72.8 Å². The molecule has 0 radical (unpaired) electrons. The molecule has 0 spiro atoms. The van der Waals surface area contributed by atoms with Crippen molar-refractivity contribution in [2.75, 3.05) is 12.4 Å². The molecule has 0 bridgehead atoms. The zero-order chi connectivity index (χ0) is 24.5. The summed E-state index contributed by atoms with van der Waals surface area (Å²) >= 11 is 0. The molecule has 1 aliphatic heterocycles. The quantitative estimate of drug-likeness (QED) is 0.365. The van der Waals surface area contributed by atoms with E-state index in [1.807, 2.05) is 98.8 Å². The van der Waals surface area contributed by atoms with E-state index in [9.17, 15) is 9.59 Å². The van der Waals surface area contributed by atoms with Crippen molar-refractivity contribution >= 4 is 33.8 Å². The lowest BCUT2D eigenvalue weighted by molar-refractivity contribution is -0.137. The zero-order valence-corrected chi connectivity index (χ0v) is 20.0. The Morgan fingerprint density at radius 2 is 1.54 bits per heavy atom. The van der Waals surface area contributed by atoms with Gasteiger partial charge in [-0.25, -0.2) is 0 Å². The Labute approximate surface area is 204 Å². The minimum atomic E-state index is -0.359. The van der Waals surface area contributed by atoms with Crippen LogP contribution >= 0.6 is 0 Å². The van der Waals surface area contributed by atoms with Gasteiger partial charge < -0.3 is 10.1 Å². The van der Waals surface area contributed by atoms with Gasteiger partial charge in [-0.2, -0.15) is 0 Å². The van der Waals surface area contributed by atoms with Gasteiger partial charge in [-0.05, 0) is 48.1 Å². The second-order valence-corrected chi connectivity index (χ2v) is 8.71. The Bertz CT molecular complexity index is 1500. The standard InChI is InChI=1S/C30H26N2O3/c1-19-15-16-22(17-20(19)2)27-28(31-25-13-8-11-21-9-4-6-12-24(21)25)30(34)32(29(27)33)18-23-10-5-7-14-26(23)35-3/h4-17,31H,18H2,1-3H3. The van der Waals surface area contributed by atoms with Gasteiger partial charge in [-0.15, -0.1) is 0 Å². The maximum absolute atomic E-state index is 13.7. The zero-order valence-electron chi connectivity index (χ0n) is 20.0. The number of benzene rings is 4. The van der Waals surface area contributed by atoms with Crippen LogP contribution in [0.3, 0.4) is 0 Å². The number of para-hydroxylation sites is 1. The normalized spacial score (nSPS) is 13.6. The number of amides is 2. The molecular formula is C30H26N2O3. The lowest BCUT2D eigenvalue weighted by Gasteiger charge is -2.17. The monoisotopic (exact) mass is 462 g/mol. The number of ether oxygens (including phenoxy) is 1. The van der Waals surface area contributed by atoms with Crippen LogP contribution in [0.1, 0.15) is 22.3 Å². The number of methoxy groups -OCH3 is 1. The summed E-state index contributed by atoms with van der Waals surface area (Å²) in [5.41, 5.74) is 5.10. The van der Waals surface area contributed by atoms with E-state index in [4.69, 9.17) is 4.74 Å². The predicted octanol–water partition coefficient (Wildman–Crippen LogP) is 5.86. The fourth-order valence-corrected chi connectivity index (χ4v) is 4.47. The number of carbonyl (C=O) groups is 2. The van der Waals surface area contributed by atoms with E-state index in [1.165, 1.54) is 4.90 Å². The third-order valence-electron chi connectivity index (χ3n) is 6.53. The van der Waals surface area contributed by atoms with Gasteiger partial charge in [-0.3, -0.25) is 14.5 Å². The Balaban J connectivity index is 1.61. The fraction of sp³-hybridized carbons (Fsp3) is 0.133. The first-order valence-corrected chi connectivity index (χ1v) is 11.5. The van der Waals surface area contributed by atoms with Gasteiger partial charge >= 0.3 is 0 Å². The van der Waals surface area contributed by atoms with Crippen molar-refractivity contribution in [2.45, 2.75) is 20.4 Å². The summed E-state index contributed by atoms with van der Waals surface area (Å²) < 4.78 is 5.46. The van der Waals surface area contributed by atoms with Crippen molar-refractivity contribution in [2.24, 2.45) is 0 Å². The van der Waals surface area contributed by atoms with Crippen molar-refractivity contribution in [3.8, 4) is 5.75 Å². The Morgan fingerprint density at radius 1 is 0.800 bits per heavy atom. The van der Waals surface area contributed by atoms with Gasteiger partial charge in [0.1, 0.15) is 11.4 Å². The van der Waals surface area contributed by atoms with Crippen LogP contribution < -0.4 is 10.1 Å². The Morgan fingerprint density at radius 3 is 2.34 bits per heavy atom. The summed E-state index contributed by atoms with van der Waals surface area (Å²) in [7, 11) is 1.58. The summed E-state index contributed by atoms with van der Waals surface area (Å²) in [6, 6.07) is 27.1. The summed E-state index contributed by atoms with van der Waals surface area (Å²) in [6.45, 7) is 4.15. The minimum Gasteiger partial charge on any atom is -0.496 e. The average Bonchev–Trinajstić information content (AvgIpc) is 3.10. The van der Waals surface area contributed by atoms with Crippen LogP contribution in [-0.2, 0) is 16.1 Å². The van der Waals surface area contributed by atoms with E-state index < -0.39 is 0 Å². The smallest absolute Gasteiger partial charge is 0.278 e. The number of anilines is 1. The molecule has 2 amide bonds. The van der Waals surface area contributed by atoms with Crippen LogP contribution in [0.15, 0.2) is 90.6 Å². The van der Waals surface area contributed by atoms with Gasteiger partial charge in [0.15, 0.2) is 0 Å².